The number of benzene rings is 2. The number of halogens is 1. The molecule has 31 heavy (non-hydrogen) atoms. The lowest BCUT2D eigenvalue weighted by Gasteiger charge is -2.17. The fourth-order valence-corrected chi connectivity index (χ4v) is 3.87. The first-order chi connectivity index (χ1) is 15.0. The molecule has 2 aromatic carbocycles. The highest BCUT2D eigenvalue weighted by molar-refractivity contribution is 6.30. The minimum atomic E-state index is 0.277. The van der Waals surface area contributed by atoms with Gasteiger partial charge in [0.25, 0.3) is 0 Å². The molecule has 0 bridgehead atoms. The van der Waals surface area contributed by atoms with E-state index in [4.69, 9.17) is 17.3 Å². The number of rotatable bonds is 5. The highest BCUT2D eigenvalue weighted by Crippen LogP contribution is 2.35. The molecule has 1 saturated carbocycles. The van der Waals surface area contributed by atoms with Gasteiger partial charge >= 0.3 is 0 Å². The van der Waals surface area contributed by atoms with Crippen LogP contribution in [0.25, 0.3) is 16.7 Å². The van der Waals surface area contributed by atoms with E-state index >= 15 is 0 Å². The van der Waals surface area contributed by atoms with Crippen LogP contribution >= 0.6 is 11.6 Å². The molecular formula is C28H27ClN2. The number of nitrogens with two attached hydrogens (primary N) is 1. The maximum absolute atomic E-state index is 6.34. The first kappa shape index (κ1) is 21.4. The van der Waals surface area contributed by atoms with Gasteiger partial charge in [0.15, 0.2) is 0 Å². The molecule has 1 heterocycles. The summed E-state index contributed by atoms with van der Waals surface area (Å²) in [5.74, 6) is 7.47. The SMILES string of the molecule is C/C(=C\[C@@H](C)C(N)C1CC1)c1ccc(C#Cc2ccc(-c3ccc(Cl)cc3)cn2)cc1. The van der Waals surface area contributed by atoms with E-state index in [9.17, 15) is 0 Å². The van der Waals surface area contributed by atoms with E-state index in [2.05, 4.69) is 61.0 Å². The zero-order chi connectivity index (χ0) is 21.8. The van der Waals surface area contributed by atoms with E-state index in [1.165, 1.54) is 24.0 Å². The van der Waals surface area contributed by atoms with Crippen LogP contribution in [0.4, 0.5) is 0 Å². The van der Waals surface area contributed by atoms with Gasteiger partial charge in [-0.05, 0) is 84.6 Å². The Hall–Kier alpha value is -2.86. The predicted molar refractivity (Wildman–Crippen MR) is 131 cm³/mol. The molecule has 3 heteroatoms. The molecule has 0 aliphatic heterocycles. The zero-order valence-corrected chi connectivity index (χ0v) is 18.7. The van der Waals surface area contributed by atoms with E-state index in [1.54, 1.807) is 0 Å². The first-order valence-corrected chi connectivity index (χ1v) is 11.2. The third-order valence-electron chi connectivity index (χ3n) is 5.90. The van der Waals surface area contributed by atoms with E-state index in [-0.39, 0.29) is 6.04 Å². The summed E-state index contributed by atoms with van der Waals surface area (Å²) >= 11 is 5.96. The predicted octanol–water partition coefficient (Wildman–Crippen LogP) is 6.58. The lowest BCUT2D eigenvalue weighted by Crippen LogP contribution is -2.29. The Bertz CT molecular complexity index is 1110. The topological polar surface area (TPSA) is 38.9 Å². The van der Waals surface area contributed by atoms with Crippen LogP contribution < -0.4 is 5.73 Å². The van der Waals surface area contributed by atoms with Gasteiger partial charge in [-0.2, -0.15) is 0 Å². The van der Waals surface area contributed by atoms with Crippen molar-refractivity contribution in [1.29, 1.82) is 0 Å². The van der Waals surface area contributed by atoms with E-state index in [1.807, 2.05) is 42.6 Å². The molecule has 0 spiro atoms. The number of aromatic nitrogens is 1. The summed E-state index contributed by atoms with van der Waals surface area (Å²) in [6, 6.07) is 20.4. The Morgan fingerprint density at radius 2 is 1.68 bits per heavy atom. The van der Waals surface area contributed by atoms with Crippen molar-refractivity contribution in [2.45, 2.75) is 32.7 Å². The molecule has 2 N–H and O–H groups in total. The molecule has 1 fully saturated rings. The van der Waals surface area contributed by atoms with Crippen LogP contribution in [-0.2, 0) is 0 Å². The molecule has 2 atom stereocenters. The van der Waals surface area contributed by atoms with Gasteiger partial charge < -0.3 is 5.73 Å². The summed E-state index contributed by atoms with van der Waals surface area (Å²) in [5, 5.41) is 0.729. The van der Waals surface area contributed by atoms with Gasteiger partial charge in [0.05, 0.1) is 0 Å². The van der Waals surface area contributed by atoms with Gasteiger partial charge in [0, 0.05) is 28.4 Å². The van der Waals surface area contributed by atoms with Crippen LogP contribution in [0, 0.1) is 23.7 Å². The fraction of sp³-hybridized carbons (Fsp3) is 0.250. The summed E-state index contributed by atoms with van der Waals surface area (Å²) in [5.41, 5.74) is 12.7. The molecule has 1 aliphatic carbocycles. The van der Waals surface area contributed by atoms with E-state index in [0.717, 1.165) is 27.4 Å². The van der Waals surface area contributed by atoms with Crippen LogP contribution in [0.15, 0.2) is 72.9 Å². The van der Waals surface area contributed by atoms with Crippen LogP contribution in [-0.4, -0.2) is 11.0 Å². The number of hydrogen-bond donors (Lipinski definition) is 1. The smallest absolute Gasteiger partial charge is 0.113 e. The highest BCUT2D eigenvalue weighted by Gasteiger charge is 2.31. The van der Waals surface area contributed by atoms with Gasteiger partial charge in [-0.15, -0.1) is 0 Å². The highest BCUT2D eigenvalue weighted by atomic mass is 35.5. The van der Waals surface area contributed by atoms with Crippen molar-refractivity contribution in [3.63, 3.8) is 0 Å². The number of hydrogen-bond acceptors (Lipinski definition) is 2. The van der Waals surface area contributed by atoms with Gasteiger partial charge in [-0.1, -0.05) is 60.9 Å². The van der Waals surface area contributed by atoms with Crippen molar-refractivity contribution >= 4 is 17.2 Å². The zero-order valence-electron chi connectivity index (χ0n) is 18.0. The molecule has 156 valence electrons. The molecule has 3 aromatic rings. The summed E-state index contributed by atoms with van der Waals surface area (Å²) in [6.07, 6.45) is 6.71. The summed E-state index contributed by atoms with van der Waals surface area (Å²) < 4.78 is 0. The quantitative estimate of drug-likeness (QED) is 0.468. The molecule has 1 unspecified atom stereocenters. The normalized spacial score (nSPS) is 15.7. The van der Waals surface area contributed by atoms with Crippen LogP contribution in [0.1, 0.15) is 43.5 Å². The molecule has 1 aromatic heterocycles. The molecule has 2 nitrogen and oxygen atoms in total. The second-order valence-electron chi connectivity index (χ2n) is 8.39. The molecule has 0 radical (unpaired) electrons. The Labute approximate surface area is 190 Å². The lowest BCUT2D eigenvalue weighted by molar-refractivity contribution is 0.485. The van der Waals surface area contributed by atoms with Gasteiger partial charge in [-0.3, -0.25) is 0 Å². The second kappa shape index (κ2) is 9.52. The van der Waals surface area contributed by atoms with Crippen molar-refractivity contribution in [1.82, 2.24) is 4.98 Å². The lowest BCUT2D eigenvalue weighted by atomic mass is 9.94. The monoisotopic (exact) mass is 426 g/mol. The van der Waals surface area contributed by atoms with E-state index in [0.29, 0.717) is 11.8 Å². The summed E-state index contributed by atoms with van der Waals surface area (Å²) in [6.45, 7) is 4.38. The average molecular weight is 427 g/mol. The fourth-order valence-electron chi connectivity index (χ4n) is 3.75. The molecular weight excluding hydrogens is 400 g/mol. The molecule has 0 saturated heterocycles. The van der Waals surface area contributed by atoms with Crippen LogP contribution in [0.2, 0.25) is 5.02 Å². The van der Waals surface area contributed by atoms with Crippen molar-refractivity contribution in [2.24, 2.45) is 17.6 Å². The van der Waals surface area contributed by atoms with Gasteiger partial charge in [0.2, 0.25) is 0 Å². The average Bonchev–Trinajstić information content (AvgIpc) is 3.64. The Kier molecular flexibility index (Phi) is 6.56. The number of allylic oxidation sites excluding steroid dienone is 1. The Balaban J connectivity index is 1.42. The third-order valence-corrected chi connectivity index (χ3v) is 6.15. The first-order valence-electron chi connectivity index (χ1n) is 10.8. The van der Waals surface area contributed by atoms with Crippen molar-refractivity contribution in [3.8, 4) is 23.0 Å². The number of pyridine rings is 1. The minimum Gasteiger partial charge on any atom is -0.327 e. The largest absolute Gasteiger partial charge is 0.327 e. The third kappa shape index (κ3) is 5.64. The minimum absolute atomic E-state index is 0.277. The van der Waals surface area contributed by atoms with E-state index < -0.39 is 0 Å². The van der Waals surface area contributed by atoms with Crippen molar-refractivity contribution in [3.05, 3.63) is 94.8 Å². The number of nitrogens with zero attached hydrogens (tertiary/aromatic N) is 1. The van der Waals surface area contributed by atoms with Gasteiger partial charge in [0.1, 0.15) is 5.69 Å². The van der Waals surface area contributed by atoms with Crippen molar-refractivity contribution in [2.75, 3.05) is 0 Å². The summed E-state index contributed by atoms with van der Waals surface area (Å²) in [7, 11) is 0. The molecule has 4 rings (SSSR count). The molecule has 0 amide bonds. The van der Waals surface area contributed by atoms with Crippen LogP contribution in [0.5, 0.6) is 0 Å². The van der Waals surface area contributed by atoms with Gasteiger partial charge in [-0.25, -0.2) is 4.98 Å². The van der Waals surface area contributed by atoms with Crippen LogP contribution in [0.3, 0.4) is 0 Å². The maximum Gasteiger partial charge on any atom is 0.113 e. The molecule has 1 aliphatic rings. The maximum atomic E-state index is 6.34. The second-order valence-corrected chi connectivity index (χ2v) is 8.83. The standard InChI is InChI=1S/C28H27ClN2/c1-19(17-20(2)28(30)24-8-9-24)22-6-3-21(4-7-22)5-15-27-16-12-25(18-31-27)23-10-13-26(29)14-11-23/h3-4,6-7,10-14,16-18,20,24,28H,8-9,30H2,1-2H3/b19-17+/t20-,28?/m1/s1. The van der Waals surface area contributed by atoms with Crippen molar-refractivity contribution < 1.29 is 0 Å². The Morgan fingerprint density at radius 1 is 1.00 bits per heavy atom. The Morgan fingerprint density at radius 3 is 2.29 bits per heavy atom. The summed E-state index contributed by atoms with van der Waals surface area (Å²) in [4.78, 5) is 4.48.